The van der Waals surface area contributed by atoms with Gasteiger partial charge in [-0.3, -0.25) is 0 Å². The second-order valence-corrected chi connectivity index (χ2v) is 5.67. The molecule has 1 aromatic carbocycles. The fourth-order valence-corrected chi connectivity index (χ4v) is 2.89. The van der Waals surface area contributed by atoms with Crippen LogP contribution >= 0.6 is 0 Å². The molecule has 0 amide bonds. The van der Waals surface area contributed by atoms with E-state index in [2.05, 4.69) is 43.4 Å². The molecule has 2 unspecified atom stereocenters. The highest BCUT2D eigenvalue weighted by Crippen LogP contribution is 2.21. The summed E-state index contributed by atoms with van der Waals surface area (Å²) in [6.45, 7) is 7.42. The highest BCUT2D eigenvalue weighted by molar-refractivity contribution is 5.26. The monoisotopic (exact) mass is 261 g/mol. The maximum absolute atomic E-state index is 5.67. The van der Waals surface area contributed by atoms with Gasteiger partial charge in [0.1, 0.15) is 0 Å². The fraction of sp³-hybridized carbons (Fsp3) is 0.647. The van der Waals surface area contributed by atoms with E-state index >= 15 is 0 Å². The van der Waals surface area contributed by atoms with Gasteiger partial charge in [0.05, 0.1) is 6.61 Å². The molecule has 1 N–H and O–H groups in total. The highest BCUT2D eigenvalue weighted by Gasteiger charge is 2.24. The predicted molar refractivity (Wildman–Crippen MR) is 80.5 cm³/mol. The third-order valence-corrected chi connectivity index (χ3v) is 4.12. The maximum Gasteiger partial charge on any atom is 0.0509 e. The van der Waals surface area contributed by atoms with Crippen molar-refractivity contribution >= 4 is 0 Å². The molecule has 0 spiro atoms. The lowest BCUT2D eigenvalue weighted by Crippen LogP contribution is -2.42. The average molecular weight is 261 g/mol. The lowest BCUT2D eigenvalue weighted by molar-refractivity contribution is 0.0393. The Bertz CT molecular complexity index is 371. The van der Waals surface area contributed by atoms with E-state index < -0.39 is 0 Å². The van der Waals surface area contributed by atoms with Gasteiger partial charge in [0.15, 0.2) is 0 Å². The van der Waals surface area contributed by atoms with Gasteiger partial charge < -0.3 is 10.1 Å². The van der Waals surface area contributed by atoms with Crippen LogP contribution in [-0.4, -0.2) is 25.8 Å². The molecule has 1 aliphatic rings. The van der Waals surface area contributed by atoms with Crippen molar-refractivity contribution in [2.75, 3.05) is 19.8 Å². The second kappa shape index (κ2) is 7.66. The highest BCUT2D eigenvalue weighted by atomic mass is 16.5. The largest absolute Gasteiger partial charge is 0.381 e. The third kappa shape index (κ3) is 4.32. The Morgan fingerprint density at radius 1 is 1.37 bits per heavy atom. The lowest BCUT2D eigenvalue weighted by atomic mass is 9.88. The van der Waals surface area contributed by atoms with Crippen LogP contribution in [-0.2, 0) is 11.2 Å². The Morgan fingerprint density at radius 3 is 2.89 bits per heavy atom. The van der Waals surface area contributed by atoms with E-state index in [0.717, 1.165) is 26.2 Å². The van der Waals surface area contributed by atoms with E-state index in [-0.39, 0.29) is 0 Å². The number of ether oxygens (including phenoxy) is 1. The van der Waals surface area contributed by atoms with Crippen LogP contribution in [0.5, 0.6) is 0 Å². The van der Waals surface area contributed by atoms with Gasteiger partial charge in [0, 0.05) is 12.6 Å². The van der Waals surface area contributed by atoms with Gasteiger partial charge in [-0.1, -0.05) is 31.2 Å². The lowest BCUT2D eigenvalue weighted by Gasteiger charge is -2.31. The van der Waals surface area contributed by atoms with Gasteiger partial charge in [-0.15, -0.1) is 0 Å². The minimum absolute atomic E-state index is 0.557. The quantitative estimate of drug-likeness (QED) is 0.848. The van der Waals surface area contributed by atoms with E-state index in [1.807, 2.05) is 0 Å². The summed E-state index contributed by atoms with van der Waals surface area (Å²) < 4.78 is 5.67. The van der Waals surface area contributed by atoms with Gasteiger partial charge in [-0.25, -0.2) is 0 Å². The van der Waals surface area contributed by atoms with Crippen molar-refractivity contribution in [3.05, 3.63) is 35.4 Å². The molecule has 2 nitrogen and oxygen atoms in total. The molecule has 0 bridgehead atoms. The minimum atomic E-state index is 0.557. The molecule has 1 aromatic rings. The molecular weight excluding hydrogens is 234 g/mol. The topological polar surface area (TPSA) is 21.3 Å². The standard InChI is InChI=1S/C17H27NO/c1-3-10-18-17(16-9-6-11-19-13-16)12-15-8-5-4-7-14(15)2/h4-5,7-8,16-18H,3,6,9-13H2,1-2H3. The summed E-state index contributed by atoms with van der Waals surface area (Å²) in [7, 11) is 0. The van der Waals surface area contributed by atoms with E-state index in [0.29, 0.717) is 12.0 Å². The van der Waals surface area contributed by atoms with E-state index in [1.165, 1.54) is 30.4 Å². The van der Waals surface area contributed by atoms with Gasteiger partial charge in [-0.2, -0.15) is 0 Å². The zero-order valence-electron chi connectivity index (χ0n) is 12.3. The molecule has 0 aliphatic carbocycles. The summed E-state index contributed by atoms with van der Waals surface area (Å²) in [5.41, 5.74) is 2.88. The van der Waals surface area contributed by atoms with Crippen molar-refractivity contribution in [2.24, 2.45) is 5.92 Å². The van der Waals surface area contributed by atoms with E-state index in [4.69, 9.17) is 4.74 Å². The smallest absolute Gasteiger partial charge is 0.0509 e. The summed E-state index contributed by atoms with van der Waals surface area (Å²) >= 11 is 0. The molecule has 0 radical (unpaired) electrons. The van der Waals surface area contributed by atoms with Crippen LogP contribution in [0.4, 0.5) is 0 Å². The summed E-state index contributed by atoms with van der Waals surface area (Å²) in [5, 5.41) is 3.73. The van der Waals surface area contributed by atoms with Gasteiger partial charge in [0.25, 0.3) is 0 Å². The summed E-state index contributed by atoms with van der Waals surface area (Å²) in [5.74, 6) is 0.667. The van der Waals surface area contributed by atoms with Gasteiger partial charge >= 0.3 is 0 Å². The molecule has 0 saturated carbocycles. The van der Waals surface area contributed by atoms with Crippen LogP contribution in [0.2, 0.25) is 0 Å². The Hall–Kier alpha value is -0.860. The number of rotatable bonds is 6. The van der Waals surface area contributed by atoms with Crippen LogP contribution in [0, 0.1) is 12.8 Å². The van der Waals surface area contributed by atoms with Crippen molar-refractivity contribution < 1.29 is 4.74 Å². The Kier molecular flexibility index (Phi) is 5.87. The Labute approximate surface area is 117 Å². The first kappa shape index (κ1) is 14.5. The number of hydrogen-bond acceptors (Lipinski definition) is 2. The normalized spacial score (nSPS) is 21.3. The summed E-state index contributed by atoms with van der Waals surface area (Å²) in [6.07, 6.45) is 4.83. The molecule has 1 saturated heterocycles. The molecule has 2 heteroatoms. The number of benzene rings is 1. The molecule has 1 heterocycles. The Morgan fingerprint density at radius 2 is 2.21 bits per heavy atom. The van der Waals surface area contributed by atoms with Crippen LogP contribution in [0.3, 0.4) is 0 Å². The minimum Gasteiger partial charge on any atom is -0.381 e. The van der Waals surface area contributed by atoms with E-state index in [1.54, 1.807) is 0 Å². The first-order valence-corrected chi connectivity index (χ1v) is 7.67. The second-order valence-electron chi connectivity index (χ2n) is 5.67. The van der Waals surface area contributed by atoms with Crippen molar-refractivity contribution in [1.29, 1.82) is 0 Å². The number of hydrogen-bond donors (Lipinski definition) is 1. The molecule has 19 heavy (non-hydrogen) atoms. The third-order valence-electron chi connectivity index (χ3n) is 4.12. The summed E-state index contributed by atoms with van der Waals surface area (Å²) in [6, 6.07) is 9.30. The van der Waals surface area contributed by atoms with Crippen LogP contribution in [0.15, 0.2) is 24.3 Å². The first-order chi connectivity index (χ1) is 9.31. The van der Waals surface area contributed by atoms with Gasteiger partial charge in [-0.05, 0) is 56.2 Å². The van der Waals surface area contributed by atoms with Crippen molar-refractivity contribution in [3.8, 4) is 0 Å². The molecule has 2 atom stereocenters. The zero-order chi connectivity index (χ0) is 13.5. The first-order valence-electron chi connectivity index (χ1n) is 7.67. The van der Waals surface area contributed by atoms with Crippen molar-refractivity contribution in [2.45, 2.75) is 45.6 Å². The van der Waals surface area contributed by atoms with Crippen LogP contribution in [0.1, 0.15) is 37.3 Å². The maximum atomic E-state index is 5.67. The number of aryl methyl sites for hydroxylation is 1. The molecule has 1 aliphatic heterocycles. The zero-order valence-corrected chi connectivity index (χ0v) is 12.3. The van der Waals surface area contributed by atoms with Gasteiger partial charge in [0.2, 0.25) is 0 Å². The molecule has 0 aromatic heterocycles. The molecule has 2 rings (SSSR count). The molecular formula is C17H27NO. The van der Waals surface area contributed by atoms with Crippen molar-refractivity contribution in [3.63, 3.8) is 0 Å². The Balaban J connectivity index is 2.02. The fourth-order valence-electron chi connectivity index (χ4n) is 2.89. The summed E-state index contributed by atoms with van der Waals surface area (Å²) in [4.78, 5) is 0. The number of nitrogens with one attached hydrogen (secondary N) is 1. The molecule has 1 fully saturated rings. The SMILES string of the molecule is CCCNC(Cc1ccccc1C)C1CCCOC1. The average Bonchev–Trinajstić information content (AvgIpc) is 2.46. The van der Waals surface area contributed by atoms with Crippen molar-refractivity contribution in [1.82, 2.24) is 5.32 Å². The predicted octanol–water partition coefficient (Wildman–Crippen LogP) is 3.33. The van der Waals surface area contributed by atoms with E-state index in [9.17, 15) is 0 Å². The van der Waals surface area contributed by atoms with Crippen LogP contribution < -0.4 is 5.32 Å². The van der Waals surface area contributed by atoms with Crippen LogP contribution in [0.25, 0.3) is 0 Å². The molecule has 106 valence electrons.